The molecule has 3 atom stereocenters. The second-order valence-corrected chi connectivity index (χ2v) is 15.1. The van der Waals surface area contributed by atoms with Crippen LogP contribution >= 0.6 is 0 Å². The van der Waals surface area contributed by atoms with E-state index in [0.717, 1.165) is 66.4 Å². The fourth-order valence-corrected chi connectivity index (χ4v) is 6.91. The zero-order valence-electron chi connectivity index (χ0n) is 31.8. The summed E-state index contributed by atoms with van der Waals surface area (Å²) in [6.45, 7) is 12.1. The van der Waals surface area contributed by atoms with Crippen molar-refractivity contribution in [2.75, 3.05) is 38.0 Å². The highest BCUT2D eigenvalue weighted by atomic mass is 19.1. The number of likely N-dealkylation sites (tertiary alicyclic amines) is 2. The first kappa shape index (κ1) is 40.0. The van der Waals surface area contributed by atoms with Crippen LogP contribution in [0.1, 0.15) is 92.9 Å². The zero-order valence-corrected chi connectivity index (χ0v) is 31.8. The molecule has 2 N–H and O–H groups in total. The van der Waals surface area contributed by atoms with Gasteiger partial charge in [0.2, 0.25) is 0 Å². The van der Waals surface area contributed by atoms with Crippen LogP contribution in [0.15, 0.2) is 54.6 Å². The van der Waals surface area contributed by atoms with Crippen LogP contribution in [0, 0.1) is 24.7 Å². The van der Waals surface area contributed by atoms with Gasteiger partial charge in [-0.05, 0) is 120 Å². The highest BCUT2D eigenvalue weighted by molar-refractivity contribution is 5.97. The first-order valence-electron chi connectivity index (χ1n) is 18.7. The Morgan fingerprint density at radius 2 is 1.76 bits per heavy atom. The number of benzene rings is 3. The number of aryl methyl sites for hydroxylation is 1. The Morgan fingerprint density at radius 1 is 1.02 bits per heavy atom. The number of nitrogens with one attached hydrogen (secondary N) is 2. The van der Waals surface area contributed by atoms with E-state index in [1.165, 1.54) is 4.90 Å². The summed E-state index contributed by atoms with van der Waals surface area (Å²) in [6, 6.07) is 16.6. The SMILES string of the molecule is Cc1ccc(N[C@H]2CN(C(=O)OC(C)(C)C)C[C@@H]2F)cc1C(=O)N[C@H](C)c1ccc(C#CC2CCN(CCCCC(=O)OOC=O)CC2)c2ccccc12. The van der Waals surface area contributed by atoms with Crippen LogP contribution in [0.2, 0.25) is 0 Å². The molecule has 11 nitrogen and oxygen atoms in total. The molecule has 288 valence electrons. The van der Waals surface area contributed by atoms with Crippen molar-refractivity contribution in [2.45, 2.75) is 90.6 Å². The third-order valence-corrected chi connectivity index (χ3v) is 9.79. The van der Waals surface area contributed by atoms with Gasteiger partial charge in [0.05, 0.1) is 25.0 Å². The summed E-state index contributed by atoms with van der Waals surface area (Å²) in [7, 11) is 0. The number of nitrogens with zero attached hydrogens (tertiary/aromatic N) is 2. The van der Waals surface area contributed by atoms with E-state index in [1.54, 1.807) is 26.8 Å². The summed E-state index contributed by atoms with van der Waals surface area (Å²) >= 11 is 0. The van der Waals surface area contributed by atoms with Crippen molar-refractivity contribution in [1.82, 2.24) is 15.1 Å². The lowest BCUT2D eigenvalue weighted by atomic mass is 9.94. The zero-order chi connectivity index (χ0) is 38.8. The van der Waals surface area contributed by atoms with E-state index in [0.29, 0.717) is 17.7 Å². The Bertz CT molecular complexity index is 1880. The molecule has 2 amide bonds. The van der Waals surface area contributed by atoms with Crippen LogP contribution < -0.4 is 10.6 Å². The van der Waals surface area contributed by atoms with Crippen LogP contribution in [-0.4, -0.2) is 84.8 Å². The molecular weight excluding hydrogens is 691 g/mol. The van der Waals surface area contributed by atoms with Gasteiger partial charge in [0, 0.05) is 29.3 Å². The summed E-state index contributed by atoms with van der Waals surface area (Å²) in [6.07, 6.45) is 1.83. The van der Waals surface area contributed by atoms with Gasteiger partial charge in [0.1, 0.15) is 11.8 Å². The summed E-state index contributed by atoms with van der Waals surface area (Å²) in [5, 5.41) is 8.40. The number of carbonyl (C=O) groups is 4. The average molecular weight is 743 g/mol. The van der Waals surface area contributed by atoms with Crippen molar-refractivity contribution in [2.24, 2.45) is 5.92 Å². The largest absolute Gasteiger partial charge is 0.444 e. The maximum atomic E-state index is 15.0. The van der Waals surface area contributed by atoms with E-state index in [2.05, 4.69) is 49.3 Å². The first-order valence-corrected chi connectivity index (χ1v) is 18.7. The highest BCUT2D eigenvalue weighted by Gasteiger charge is 2.37. The molecule has 2 aliphatic heterocycles. The molecule has 54 heavy (non-hydrogen) atoms. The molecule has 0 saturated carbocycles. The second kappa shape index (κ2) is 18.3. The van der Waals surface area contributed by atoms with Gasteiger partial charge in [-0.25, -0.2) is 18.9 Å². The number of alkyl halides is 1. The van der Waals surface area contributed by atoms with Crippen molar-refractivity contribution in [1.29, 1.82) is 0 Å². The molecule has 0 bridgehead atoms. The Kier molecular flexibility index (Phi) is 13.5. The number of hydrogen-bond donors (Lipinski definition) is 2. The number of carbonyl (C=O) groups excluding carboxylic acids is 4. The first-order chi connectivity index (χ1) is 25.8. The lowest BCUT2D eigenvalue weighted by Crippen LogP contribution is -2.36. The smallest absolute Gasteiger partial charge is 0.410 e. The van der Waals surface area contributed by atoms with Gasteiger partial charge in [-0.1, -0.05) is 48.2 Å². The molecule has 0 spiro atoms. The maximum absolute atomic E-state index is 15.0. The number of amides is 2. The molecule has 2 aliphatic rings. The van der Waals surface area contributed by atoms with E-state index in [1.807, 2.05) is 50.2 Å². The Hall–Kier alpha value is -5.15. The fraction of sp³-hybridized carbons (Fsp3) is 0.476. The van der Waals surface area contributed by atoms with Gasteiger partial charge in [-0.15, -0.1) is 0 Å². The molecule has 0 unspecified atom stereocenters. The number of hydrogen-bond acceptors (Lipinski definition) is 9. The van der Waals surface area contributed by atoms with E-state index >= 15 is 0 Å². The lowest BCUT2D eigenvalue weighted by Gasteiger charge is -2.29. The molecule has 3 aromatic carbocycles. The molecule has 5 rings (SSSR count). The van der Waals surface area contributed by atoms with Gasteiger partial charge in [-0.2, -0.15) is 0 Å². The van der Waals surface area contributed by atoms with Crippen molar-refractivity contribution in [3.05, 3.63) is 76.9 Å². The Morgan fingerprint density at radius 3 is 2.48 bits per heavy atom. The number of piperidine rings is 1. The van der Waals surface area contributed by atoms with Gasteiger partial charge < -0.3 is 25.2 Å². The minimum absolute atomic E-state index is 0.0620. The molecule has 2 saturated heterocycles. The normalized spacial score (nSPS) is 18.3. The minimum atomic E-state index is -1.29. The number of ether oxygens (including phenoxy) is 1. The molecular formula is C42H51FN4O7. The van der Waals surface area contributed by atoms with Crippen molar-refractivity contribution >= 4 is 40.9 Å². The molecule has 3 aromatic rings. The van der Waals surface area contributed by atoms with Gasteiger partial charge in [0.25, 0.3) is 5.91 Å². The van der Waals surface area contributed by atoms with Crippen LogP contribution in [0.25, 0.3) is 10.8 Å². The van der Waals surface area contributed by atoms with Gasteiger partial charge in [0.15, 0.2) is 0 Å². The van der Waals surface area contributed by atoms with Crippen LogP contribution in [0.4, 0.5) is 14.9 Å². The number of rotatable bonds is 12. The molecule has 0 aliphatic carbocycles. The summed E-state index contributed by atoms with van der Waals surface area (Å²) < 4.78 is 20.4. The van der Waals surface area contributed by atoms with E-state index in [9.17, 15) is 23.6 Å². The number of anilines is 1. The Balaban J connectivity index is 1.18. The van der Waals surface area contributed by atoms with E-state index in [4.69, 9.17) is 4.74 Å². The fourth-order valence-electron chi connectivity index (χ4n) is 6.91. The quantitative estimate of drug-likeness (QED) is 0.0672. The van der Waals surface area contributed by atoms with Crippen LogP contribution in [0.3, 0.4) is 0 Å². The van der Waals surface area contributed by atoms with Crippen LogP contribution in [-0.2, 0) is 24.1 Å². The predicted octanol–water partition coefficient (Wildman–Crippen LogP) is 6.87. The summed E-state index contributed by atoms with van der Waals surface area (Å²) in [5.41, 5.74) is 3.11. The average Bonchev–Trinajstić information content (AvgIpc) is 3.51. The third kappa shape index (κ3) is 10.9. The van der Waals surface area contributed by atoms with Crippen molar-refractivity contribution in [3.63, 3.8) is 0 Å². The topological polar surface area (TPSA) is 127 Å². The summed E-state index contributed by atoms with van der Waals surface area (Å²) in [5.74, 6) is 6.45. The lowest BCUT2D eigenvalue weighted by molar-refractivity contribution is -0.248. The van der Waals surface area contributed by atoms with E-state index < -0.39 is 29.9 Å². The third-order valence-electron chi connectivity index (χ3n) is 9.79. The second-order valence-electron chi connectivity index (χ2n) is 15.1. The molecule has 12 heteroatoms. The Labute approximate surface area is 316 Å². The van der Waals surface area contributed by atoms with Gasteiger partial charge in [-0.3, -0.25) is 14.5 Å². The standard InChI is InChI=1S/C42H51FN4O7/c1-28-13-17-32(45-38-26-47(25-37(38)43)41(51)53-42(3,4)5)24-36(28)40(50)44-29(2)33-18-16-31(34-10-6-7-11-35(33)34)15-14-30-19-22-46(23-20-30)21-9-8-12-39(49)54-52-27-48/h6-7,10-11,13,16-18,24,27,29-30,37-38,45H,8-9,12,19-23,25-26H2,1-5H3,(H,44,50)/t29-,37+,38+/m1/s1. The van der Waals surface area contributed by atoms with E-state index in [-0.39, 0.29) is 43.8 Å². The van der Waals surface area contributed by atoms with Crippen molar-refractivity contribution < 1.29 is 38.1 Å². The maximum Gasteiger partial charge on any atom is 0.410 e. The molecule has 2 heterocycles. The number of unbranched alkanes of at least 4 members (excludes halogenated alkanes) is 1. The van der Waals surface area contributed by atoms with Crippen molar-refractivity contribution in [3.8, 4) is 11.8 Å². The van der Waals surface area contributed by atoms with Crippen LogP contribution in [0.5, 0.6) is 0 Å². The monoisotopic (exact) mass is 742 g/mol. The predicted molar refractivity (Wildman–Crippen MR) is 204 cm³/mol. The molecule has 0 aromatic heterocycles. The number of fused-ring (bicyclic) bond motifs is 1. The minimum Gasteiger partial charge on any atom is -0.444 e. The summed E-state index contributed by atoms with van der Waals surface area (Å²) in [4.78, 5) is 59.9. The highest BCUT2D eigenvalue weighted by Crippen LogP contribution is 2.29. The molecule has 2 fully saturated rings. The van der Waals surface area contributed by atoms with Gasteiger partial charge >= 0.3 is 18.5 Å². The number of halogens is 1. The molecule has 0 radical (unpaired) electrons.